The minimum atomic E-state index is -3.68. The van der Waals surface area contributed by atoms with Crippen LogP contribution in [0.5, 0.6) is 0 Å². The van der Waals surface area contributed by atoms with Gasteiger partial charge in [-0.15, -0.1) is 0 Å². The largest absolute Gasteiger partial charge is 0.324 e. The lowest BCUT2D eigenvalue weighted by molar-refractivity contribution is -0.119. The fraction of sp³-hybridized carbons (Fsp3) is 0.450. The maximum atomic E-state index is 13.2. The summed E-state index contributed by atoms with van der Waals surface area (Å²) in [5, 5.41) is 6.30. The summed E-state index contributed by atoms with van der Waals surface area (Å²) in [7, 11) is -3.68. The van der Waals surface area contributed by atoms with Crippen LogP contribution in [0.25, 0.3) is 0 Å². The van der Waals surface area contributed by atoms with Crippen molar-refractivity contribution in [3.8, 4) is 0 Å². The van der Waals surface area contributed by atoms with Crippen molar-refractivity contribution in [2.24, 2.45) is 0 Å². The summed E-state index contributed by atoms with van der Waals surface area (Å²) >= 11 is 11.6. The van der Waals surface area contributed by atoms with Crippen LogP contribution < -0.4 is 10.9 Å². The SMILES string of the molecule is Cc1ccc(NC(=O)[C@@H](C)n2ncc(Cl)c(Cl)c2=O)cc1S(=O)(=O)N1CCCCCC1. The van der Waals surface area contributed by atoms with Gasteiger partial charge < -0.3 is 5.32 Å². The highest BCUT2D eigenvalue weighted by molar-refractivity contribution is 7.89. The van der Waals surface area contributed by atoms with Gasteiger partial charge in [0, 0.05) is 18.8 Å². The molecule has 11 heteroatoms. The quantitative estimate of drug-likeness (QED) is 0.694. The Morgan fingerprint density at radius 3 is 2.45 bits per heavy atom. The molecular weight excluding hydrogens is 463 g/mol. The van der Waals surface area contributed by atoms with E-state index < -0.39 is 27.5 Å². The number of carbonyl (C=O) groups is 1. The molecule has 1 aromatic heterocycles. The Bertz CT molecular complexity index is 1140. The highest BCUT2D eigenvalue weighted by Gasteiger charge is 2.27. The molecule has 1 fully saturated rings. The lowest BCUT2D eigenvalue weighted by atomic mass is 10.2. The first-order chi connectivity index (χ1) is 14.6. The summed E-state index contributed by atoms with van der Waals surface area (Å²) in [4.78, 5) is 25.1. The molecule has 1 saturated heterocycles. The number of hydrogen-bond acceptors (Lipinski definition) is 5. The number of aromatic nitrogens is 2. The lowest BCUT2D eigenvalue weighted by Crippen LogP contribution is -2.34. The summed E-state index contributed by atoms with van der Waals surface area (Å²) < 4.78 is 28.8. The van der Waals surface area contributed by atoms with Gasteiger partial charge in [-0.3, -0.25) is 9.59 Å². The number of aryl methyl sites for hydroxylation is 1. The zero-order valence-corrected chi connectivity index (χ0v) is 19.6. The highest BCUT2D eigenvalue weighted by Crippen LogP contribution is 2.26. The van der Waals surface area contributed by atoms with Crippen molar-refractivity contribution in [1.29, 1.82) is 0 Å². The van der Waals surface area contributed by atoms with Crippen LogP contribution in [0.1, 0.15) is 44.2 Å². The first kappa shape index (κ1) is 23.7. The zero-order valence-electron chi connectivity index (χ0n) is 17.3. The van der Waals surface area contributed by atoms with Crippen molar-refractivity contribution < 1.29 is 13.2 Å². The van der Waals surface area contributed by atoms with Crippen molar-refractivity contribution >= 4 is 44.8 Å². The Morgan fingerprint density at radius 2 is 1.81 bits per heavy atom. The van der Waals surface area contributed by atoms with Crippen LogP contribution in [0.2, 0.25) is 10.0 Å². The van der Waals surface area contributed by atoms with E-state index >= 15 is 0 Å². The number of benzene rings is 1. The maximum Gasteiger partial charge on any atom is 0.287 e. The van der Waals surface area contributed by atoms with E-state index in [9.17, 15) is 18.0 Å². The summed E-state index contributed by atoms with van der Waals surface area (Å²) in [6.45, 7) is 4.18. The summed E-state index contributed by atoms with van der Waals surface area (Å²) in [6, 6.07) is 3.72. The van der Waals surface area contributed by atoms with E-state index in [0.717, 1.165) is 30.4 Å². The second-order valence-corrected chi connectivity index (χ2v) is 10.2. The van der Waals surface area contributed by atoms with Gasteiger partial charge in [-0.1, -0.05) is 42.1 Å². The van der Waals surface area contributed by atoms with Crippen LogP contribution in [0, 0.1) is 6.92 Å². The first-order valence-corrected chi connectivity index (χ1v) is 12.2. The van der Waals surface area contributed by atoms with Crippen molar-refractivity contribution in [3.63, 3.8) is 0 Å². The molecule has 168 valence electrons. The summed E-state index contributed by atoms with van der Waals surface area (Å²) in [6.07, 6.45) is 4.88. The Morgan fingerprint density at radius 1 is 1.16 bits per heavy atom. The molecule has 8 nitrogen and oxygen atoms in total. The third-order valence-electron chi connectivity index (χ3n) is 5.29. The number of anilines is 1. The van der Waals surface area contributed by atoms with Crippen LogP contribution in [-0.2, 0) is 14.8 Å². The van der Waals surface area contributed by atoms with E-state index in [1.807, 2.05) is 0 Å². The second kappa shape index (κ2) is 9.68. The monoisotopic (exact) mass is 486 g/mol. The average molecular weight is 487 g/mol. The smallest absolute Gasteiger partial charge is 0.287 e. The van der Waals surface area contributed by atoms with E-state index in [1.54, 1.807) is 19.1 Å². The molecular formula is C20H24Cl2N4O4S. The molecule has 0 bridgehead atoms. The number of nitrogens with zero attached hydrogens (tertiary/aromatic N) is 3. The molecule has 1 aliphatic rings. The molecule has 2 aromatic rings. The Labute approximate surface area is 191 Å². The molecule has 3 rings (SSSR count). The molecule has 1 aromatic carbocycles. The molecule has 0 aliphatic carbocycles. The van der Waals surface area contributed by atoms with E-state index in [-0.39, 0.29) is 14.9 Å². The summed E-state index contributed by atoms with van der Waals surface area (Å²) in [5.41, 5.74) is 0.215. The number of hydrogen-bond donors (Lipinski definition) is 1. The van der Waals surface area contributed by atoms with Crippen molar-refractivity contribution in [3.05, 3.63) is 50.4 Å². The molecule has 2 heterocycles. The highest BCUT2D eigenvalue weighted by atomic mass is 35.5. The van der Waals surface area contributed by atoms with Crippen LogP contribution >= 0.6 is 23.2 Å². The molecule has 31 heavy (non-hydrogen) atoms. The van der Waals surface area contributed by atoms with Gasteiger partial charge in [0.2, 0.25) is 15.9 Å². The molecule has 0 spiro atoms. The number of nitrogens with one attached hydrogen (secondary N) is 1. The molecule has 0 unspecified atom stereocenters. The topological polar surface area (TPSA) is 101 Å². The van der Waals surface area contributed by atoms with Gasteiger partial charge >= 0.3 is 0 Å². The standard InChI is InChI=1S/C20H24Cl2N4O4S/c1-13-7-8-15(11-17(13)31(29,30)25-9-5-3-4-6-10-25)24-19(27)14(2)26-20(28)18(22)16(21)12-23-26/h7-8,11-12,14H,3-6,9-10H2,1-2H3,(H,24,27)/t14-/m1/s1. The van der Waals surface area contributed by atoms with Crippen LogP contribution in [0.4, 0.5) is 5.69 Å². The number of carbonyl (C=O) groups excluding carboxylic acids is 1. The Hall–Kier alpha value is -1.94. The molecule has 0 radical (unpaired) electrons. The summed E-state index contributed by atoms with van der Waals surface area (Å²) in [5.74, 6) is -0.546. The molecule has 0 saturated carbocycles. The normalized spacial score (nSPS) is 16.5. The van der Waals surface area contributed by atoms with Crippen molar-refractivity contribution in [1.82, 2.24) is 14.1 Å². The fourth-order valence-corrected chi connectivity index (χ4v) is 5.46. The average Bonchev–Trinajstić information content (AvgIpc) is 3.03. The number of rotatable bonds is 5. The van der Waals surface area contributed by atoms with E-state index in [1.165, 1.54) is 23.5 Å². The molecule has 1 aliphatic heterocycles. The van der Waals surface area contributed by atoms with E-state index in [4.69, 9.17) is 23.2 Å². The van der Waals surface area contributed by atoms with Crippen LogP contribution in [0.15, 0.2) is 34.1 Å². The van der Waals surface area contributed by atoms with Crippen LogP contribution in [-0.4, -0.2) is 41.5 Å². The third-order valence-corrected chi connectivity index (χ3v) is 8.08. The molecule has 1 atom stereocenters. The molecule has 1 N–H and O–H groups in total. The van der Waals surface area contributed by atoms with Gasteiger partial charge in [0.15, 0.2) is 0 Å². The second-order valence-electron chi connectivity index (χ2n) is 7.52. The van der Waals surface area contributed by atoms with Gasteiger partial charge in [0.1, 0.15) is 11.1 Å². The zero-order chi connectivity index (χ0) is 22.8. The van der Waals surface area contributed by atoms with Crippen molar-refractivity contribution in [2.45, 2.75) is 50.5 Å². The Kier molecular flexibility index (Phi) is 7.41. The fourth-order valence-electron chi connectivity index (χ4n) is 3.44. The van der Waals surface area contributed by atoms with Gasteiger partial charge in [-0.25, -0.2) is 13.1 Å². The minimum Gasteiger partial charge on any atom is -0.324 e. The van der Waals surface area contributed by atoms with E-state index in [2.05, 4.69) is 10.4 Å². The van der Waals surface area contributed by atoms with Crippen LogP contribution in [0.3, 0.4) is 0 Å². The van der Waals surface area contributed by atoms with Gasteiger partial charge in [-0.05, 0) is 44.4 Å². The van der Waals surface area contributed by atoms with Crippen molar-refractivity contribution in [2.75, 3.05) is 18.4 Å². The van der Waals surface area contributed by atoms with Gasteiger partial charge in [0.25, 0.3) is 5.56 Å². The Balaban J connectivity index is 1.85. The predicted molar refractivity (Wildman–Crippen MR) is 120 cm³/mol. The maximum absolute atomic E-state index is 13.2. The van der Waals surface area contributed by atoms with Gasteiger partial charge in [0.05, 0.1) is 16.1 Å². The molecule has 1 amide bonds. The number of amides is 1. The minimum absolute atomic E-state index is 0.00239. The lowest BCUT2D eigenvalue weighted by Gasteiger charge is -2.22. The number of halogens is 2. The van der Waals surface area contributed by atoms with Gasteiger partial charge in [-0.2, -0.15) is 9.40 Å². The van der Waals surface area contributed by atoms with E-state index in [0.29, 0.717) is 24.3 Å². The number of sulfonamides is 1. The predicted octanol–water partition coefficient (Wildman–Crippen LogP) is 3.62. The third kappa shape index (κ3) is 5.11. The first-order valence-electron chi connectivity index (χ1n) is 9.97.